The first-order chi connectivity index (χ1) is 9.20. The minimum Gasteiger partial charge on any atom is -0.312 e. The second-order valence-corrected chi connectivity index (χ2v) is 5.66. The first-order valence-electron chi connectivity index (χ1n) is 7.36. The normalized spacial score (nSPS) is 23.4. The summed E-state index contributed by atoms with van der Waals surface area (Å²) in [4.78, 5) is 4.95. The van der Waals surface area contributed by atoms with Crippen LogP contribution in [0.3, 0.4) is 0 Å². The molecule has 1 heterocycles. The number of rotatable bonds is 5. The molecule has 0 radical (unpaired) electrons. The van der Waals surface area contributed by atoms with E-state index in [1.165, 1.54) is 12.1 Å². The van der Waals surface area contributed by atoms with Crippen molar-refractivity contribution in [3.05, 3.63) is 35.9 Å². The Hall–Kier alpha value is -0.900. The van der Waals surface area contributed by atoms with Crippen LogP contribution in [0.2, 0.25) is 0 Å². The van der Waals surface area contributed by atoms with E-state index in [9.17, 15) is 0 Å². The lowest BCUT2D eigenvalue weighted by Crippen LogP contribution is -2.59. The fourth-order valence-corrected chi connectivity index (χ4v) is 2.95. The number of hydrogen-bond acceptors (Lipinski definition) is 3. The summed E-state index contributed by atoms with van der Waals surface area (Å²) in [6.45, 7) is 6.73. The molecule has 2 unspecified atom stereocenters. The predicted molar refractivity (Wildman–Crippen MR) is 81.5 cm³/mol. The van der Waals surface area contributed by atoms with Gasteiger partial charge in [-0.15, -0.1) is 0 Å². The van der Waals surface area contributed by atoms with E-state index in [0.29, 0.717) is 12.1 Å². The van der Waals surface area contributed by atoms with E-state index in [1.54, 1.807) is 0 Å². The molecule has 0 amide bonds. The number of hydrogen-bond donors (Lipinski definition) is 1. The molecule has 0 saturated carbocycles. The van der Waals surface area contributed by atoms with Crippen LogP contribution in [0, 0.1) is 0 Å². The maximum absolute atomic E-state index is 3.68. The molecule has 0 bridgehead atoms. The minimum atomic E-state index is 0.528. The van der Waals surface area contributed by atoms with E-state index in [2.05, 4.69) is 66.5 Å². The molecule has 1 aliphatic heterocycles. The van der Waals surface area contributed by atoms with Crippen LogP contribution in [-0.2, 0) is 6.42 Å². The highest BCUT2D eigenvalue weighted by atomic mass is 15.3. The average molecular weight is 261 g/mol. The summed E-state index contributed by atoms with van der Waals surface area (Å²) >= 11 is 0. The van der Waals surface area contributed by atoms with Gasteiger partial charge in [-0.2, -0.15) is 0 Å². The van der Waals surface area contributed by atoms with E-state index in [1.807, 2.05) is 0 Å². The molecule has 1 N–H and O–H groups in total. The Morgan fingerprint density at radius 2 is 1.95 bits per heavy atom. The van der Waals surface area contributed by atoms with Crippen molar-refractivity contribution in [3.8, 4) is 0 Å². The lowest BCUT2D eigenvalue weighted by Gasteiger charge is -2.42. The van der Waals surface area contributed by atoms with Crippen LogP contribution in [0.25, 0.3) is 0 Å². The Kier molecular flexibility index (Phi) is 5.37. The standard InChI is InChI=1S/C16H27N3/c1-4-17-15(12-14-8-6-5-7-9-14)16-13-18(2)10-11-19(16)3/h5-9,15-17H,4,10-13H2,1-3H3. The van der Waals surface area contributed by atoms with Crippen molar-refractivity contribution in [2.75, 3.05) is 40.3 Å². The first-order valence-corrected chi connectivity index (χ1v) is 7.36. The maximum atomic E-state index is 3.68. The number of nitrogens with one attached hydrogen (secondary N) is 1. The first kappa shape index (κ1) is 14.5. The van der Waals surface area contributed by atoms with Crippen LogP contribution in [0.15, 0.2) is 30.3 Å². The lowest BCUT2D eigenvalue weighted by molar-refractivity contribution is 0.0881. The Balaban J connectivity index is 2.06. The summed E-state index contributed by atoms with van der Waals surface area (Å²) in [5, 5.41) is 3.68. The van der Waals surface area contributed by atoms with Gasteiger partial charge in [0.2, 0.25) is 0 Å². The molecule has 19 heavy (non-hydrogen) atoms. The largest absolute Gasteiger partial charge is 0.312 e. The molecule has 0 aliphatic carbocycles. The SMILES string of the molecule is CCNC(Cc1ccccc1)C1CN(C)CCN1C. The van der Waals surface area contributed by atoms with Crippen molar-refractivity contribution < 1.29 is 0 Å². The Labute approximate surface area is 117 Å². The van der Waals surface area contributed by atoms with Gasteiger partial charge >= 0.3 is 0 Å². The molecule has 1 aromatic rings. The van der Waals surface area contributed by atoms with E-state index >= 15 is 0 Å². The van der Waals surface area contributed by atoms with Gasteiger partial charge in [0.15, 0.2) is 0 Å². The minimum absolute atomic E-state index is 0.528. The van der Waals surface area contributed by atoms with E-state index in [4.69, 9.17) is 0 Å². The highest BCUT2D eigenvalue weighted by Crippen LogP contribution is 2.14. The molecule has 2 atom stereocenters. The van der Waals surface area contributed by atoms with Crippen molar-refractivity contribution in [1.82, 2.24) is 15.1 Å². The topological polar surface area (TPSA) is 18.5 Å². The molecule has 3 nitrogen and oxygen atoms in total. The smallest absolute Gasteiger partial charge is 0.0377 e. The predicted octanol–water partition coefficient (Wildman–Crippen LogP) is 1.45. The molecule has 0 aromatic heterocycles. The summed E-state index contributed by atoms with van der Waals surface area (Å²) in [5.41, 5.74) is 1.43. The summed E-state index contributed by atoms with van der Waals surface area (Å²) in [6, 6.07) is 11.9. The quantitative estimate of drug-likeness (QED) is 0.865. The van der Waals surface area contributed by atoms with Gasteiger partial charge < -0.3 is 10.2 Å². The summed E-state index contributed by atoms with van der Waals surface area (Å²) in [6.07, 6.45) is 1.11. The van der Waals surface area contributed by atoms with Crippen LogP contribution < -0.4 is 5.32 Å². The van der Waals surface area contributed by atoms with Crippen LogP contribution >= 0.6 is 0 Å². The number of benzene rings is 1. The zero-order valence-electron chi connectivity index (χ0n) is 12.5. The van der Waals surface area contributed by atoms with Crippen molar-refractivity contribution >= 4 is 0 Å². The highest BCUT2D eigenvalue weighted by molar-refractivity contribution is 5.16. The second-order valence-electron chi connectivity index (χ2n) is 5.66. The molecule has 1 aromatic carbocycles. The van der Waals surface area contributed by atoms with Gasteiger partial charge in [0, 0.05) is 31.7 Å². The molecule has 1 saturated heterocycles. The number of piperazine rings is 1. The molecule has 106 valence electrons. The lowest BCUT2D eigenvalue weighted by atomic mass is 9.96. The van der Waals surface area contributed by atoms with Gasteiger partial charge in [-0.1, -0.05) is 37.3 Å². The molecule has 3 heteroatoms. The fourth-order valence-electron chi connectivity index (χ4n) is 2.95. The monoisotopic (exact) mass is 261 g/mol. The van der Waals surface area contributed by atoms with Gasteiger partial charge in [-0.25, -0.2) is 0 Å². The second kappa shape index (κ2) is 7.04. The van der Waals surface area contributed by atoms with Gasteiger partial charge in [-0.05, 0) is 32.6 Å². The Bertz CT molecular complexity index is 366. The van der Waals surface area contributed by atoms with Crippen molar-refractivity contribution in [3.63, 3.8) is 0 Å². The molecule has 1 aliphatic rings. The van der Waals surface area contributed by atoms with Crippen molar-refractivity contribution in [2.45, 2.75) is 25.4 Å². The summed E-state index contributed by atoms with van der Waals surface area (Å²) in [7, 11) is 4.48. The zero-order chi connectivity index (χ0) is 13.7. The Morgan fingerprint density at radius 1 is 1.21 bits per heavy atom. The summed E-state index contributed by atoms with van der Waals surface area (Å²) < 4.78 is 0. The van der Waals surface area contributed by atoms with Crippen LogP contribution in [-0.4, -0.2) is 62.2 Å². The van der Waals surface area contributed by atoms with Gasteiger partial charge in [0.25, 0.3) is 0 Å². The van der Waals surface area contributed by atoms with Crippen LogP contribution in [0.1, 0.15) is 12.5 Å². The number of likely N-dealkylation sites (N-methyl/N-ethyl adjacent to an activating group) is 3. The third kappa shape index (κ3) is 4.03. The fraction of sp³-hybridized carbons (Fsp3) is 0.625. The molecular formula is C16H27N3. The van der Waals surface area contributed by atoms with E-state index < -0.39 is 0 Å². The van der Waals surface area contributed by atoms with Crippen LogP contribution in [0.4, 0.5) is 0 Å². The van der Waals surface area contributed by atoms with Gasteiger partial charge in [0.05, 0.1) is 0 Å². The van der Waals surface area contributed by atoms with Crippen LogP contribution in [0.5, 0.6) is 0 Å². The Morgan fingerprint density at radius 3 is 2.63 bits per heavy atom. The third-order valence-corrected chi connectivity index (χ3v) is 4.13. The molecule has 0 spiro atoms. The maximum Gasteiger partial charge on any atom is 0.0377 e. The van der Waals surface area contributed by atoms with Crippen molar-refractivity contribution in [1.29, 1.82) is 0 Å². The van der Waals surface area contributed by atoms with E-state index in [-0.39, 0.29) is 0 Å². The number of nitrogens with zero attached hydrogens (tertiary/aromatic N) is 2. The van der Waals surface area contributed by atoms with Gasteiger partial charge in [-0.3, -0.25) is 4.90 Å². The zero-order valence-corrected chi connectivity index (χ0v) is 12.5. The molecule has 2 rings (SSSR count). The summed E-state index contributed by atoms with van der Waals surface area (Å²) in [5.74, 6) is 0. The molecule has 1 fully saturated rings. The molecular weight excluding hydrogens is 234 g/mol. The van der Waals surface area contributed by atoms with Crippen molar-refractivity contribution in [2.24, 2.45) is 0 Å². The van der Waals surface area contributed by atoms with Gasteiger partial charge in [0.1, 0.15) is 0 Å². The average Bonchev–Trinajstić information content (AvgIpc) is 2.42. The van der Waals surface area contributed by atoms with E-state index in [0.717, 1.165) is 26.1 Å². The highest BCUT2D eigenvalue weighted by Gasteiger charge is 2.29. The third-order valence-electron chi connectivity index (χ3n) is 4.13.